The number of amides is 1. The van der Waals surface area contributed by atoms with Crippen LogP contribution in [0.1, 0.15) is 56.3 Å². The van der Waals surface area contributed by atoms with Gasteiger partial charge in [0.2, 0.25) is 17.7 Å². The van der Waals surface area contributed by atoms with E-state index in [0.717, 1.165) is 49.0 Å². The third-order valence-electron chi connectivity index (χ3n) is 8.97. The minimum absolute atomic E-state index is 0.121. The van der Waals surface area contributed by atoms with Gasteiger partial charge in [-0.1, -0.05) is 59.6 Å². The van der Waals surface area contributed by atoms with Crippen LogP contribution in [0.25, 0.3) is 33.6 Å². The van der Waals surface area contributed by atoms with Gasteiger partial charge in [-0.25, -0.2) is 9.97 Å². The lowest BCUT2D eigenvalue weighted by Gasteiger charge is -2.15. The Morgan fingerprint density at radius 2 is 1.44 bits per heavy atom. The zero-order valence-corrected chi connectivity index (χ0v) is 28.5. The Morgan fingerprint density at radius 1 is 0.833 bits per heavy atom. The smallest absolute Gasteiger partial charge is 0.237 e. The summed E-state index contributed by atoms with van der Waals surface area (Å²) < 4.78 is 11.2. The maximum absolute atomic E-state index is 11.6. The number of aromatic nitrogens is 4. The van der Waals surface area contributed by atoms with Crippen LogP contribution in [0.5, 0.6) is 11.8 Å². The van der Waals surface area contributed by atoms with Gasteiger partial charge in [-0.3, -0.25) is 19.6 Å². The van der Waals surface area contributed by atoms with Gasteiger partial charge in [-0.05, 0) is 44.6 Å². The normalized spacial score (nSPS) is 17.5. The molecular formula is C36H38Cl2N6O4. The maximum Gasteiger partial charge on any atom is 0.237 e. The Morgan fingerprint density at radius 3 is 2.00 bits per heavy atom. The number of carbonyl (C=O) groups excluding carboxylic acids is 2. The first kappa shape index (κ1) is 33.8. The summed E-state index contributed by atoms with van der Waals surface area (Å²) >= 11 is 14.1. The van der Waals surface area contributed by atoms with Crippen molar-refractivity contribution >= 4 is 34.9 Å². The summed E-state index contributed by atoms with van der Waals surface area (Å²) in [4.78, 5) is 41.9. The summed E-state index contributed by atoms with van der Waals surface area (Å²) in [6.07, 6.45) is 9.53. The molecule has 0 bridgehead atoms. The van der Waals surface area contributed by atoms with Crippen LogP contribution in [0.3, 0.4) is 0 Å². The van der Waals surface area contributed by atoms with Gasteiger partial charge in [0.1, 0.15) is 17.2 Å². The lowest BCUT2D eigenvalue weighted by Crippen LogP contribution is -2.25. The first-order chi connectivity index (χ1) is 23.3. The van der Waals surface area contributed by atoms with E-state index in [1.54, 1.807) is 26.6 Å². The van der Waals surface area contributed by atoms with E-state index in [4.69, 9.17) is 42.6 Å². The van der Waals surface area contributed by atoms with E-state index in [9.17, 15) is 9.59 Å². The largest absolute Gasteiger partial charge is 0.480 e. The number of ketones is 1. The zero-order chi connectivity index (χ0) is 33.6. The minimum atomic E-state index is 0.121. The molecule has 2 atom stereocenters. The molecule has 6 rings (SSSR count). The van der Waals surface area contributed by atoms with Gasteiger partial charge < -0.3 is 20.1 Å². The standard InChI is InChI=1S/C36H38Cl2N6O4/c1-47-35-28(11-3-6-22-13-15-32(46)42-22)40-19-29(43-35)26-9-4-7-24(33(26)37)25-8-5-10-27(34(25)38)30-20-41-31(36(44-30)48-2)18-39-17-21-12-14-23(45)16-21/h4-5,7-10,19-22,39H,3,6,11-18H2,1-2H3,(H,42,46)/t21-,22-/m1/s1. The Labute approximate surface area is 290 Å². The van der Waals surface area contributed by atoms with Crippen LogP contribution in [0.15, 0.2) is 48.8 Å². The van der Waals surface area contributed by atoms with Crippen LogP contribution in [0, 0.1) is 5.92 Å². The predicted molar refractivity (Wildman–Crippen MR) is 185 cm³/mol. The van der Waals surface area contributed by atoms with Crippen molar-refractivity contribution in [2.45, 2.75) is 64.0 Å². The number of Topliss-reactive ketones (excluding diaryl/α,β-unsaturated/α-hetero) is 1. The summed E-state index contributed by atoms with van der Waals surface area (Å²) in [7, 11) is 3.15. The van der Waals surface area contributed by atoms with E-state index in [-0.39, 0.29) is 11.9 Å². The number of nitrogens with zero attached hydrogens (tertiary/aromatic N) is 4. The predicted octanol–water partition coefficient (Wildman–Crippen LogP) is 6.65. The van der Waals surface area contributed by atoms with Crippen LogP contribution in [-0.2, 0) is 22.6 Å². The van der Waals surface area contributed by atoms with E-state index in [1.165, 1.54) is 0 Å². The number of halogens is 2. The second kappa shape index (κ2) is 15.4. The van der Waals surface area contributed by atoms with Gasteiger partial charge in [0.05, 0.1) is 48.0 Å². The summed E-state index contributed by atoms with van der Waals surface area (Å²) in [5, 5.41) is 7.35. The Hall–Kier alpha value is -4.12. The molecule has 48 heavy (non-hydrogen) atoms. The molecule has 1 aliphatic heterocycles. The third kappa shape index (κ3) is 7.61. The summed E-state index contributed by atoms with van der Waals surface area (Å²) in [5.74, 6) is 1.67. The van der Waals surface area contributed by atoms with E-state index in [2.05, 4.69) is 20.6 Å². The lowest BCUT2D eigenvalue weighted by atomic mass is 9.98. The summed E-state index contributed by atoms with van der Waals surface area (Å²) in [6.45, 7) is 1.23. The van der Waals surface area contributed by atoms with Gasteiger partial charge in [0, 0.05) is 54.1 Å². The van der Waals surface area contributed by atoms with E-state index < -0.39 is 0 Å². The topological polar surface area (TPSA) is 128 Å². The van der Waals surface area contributed by atoms with Crippen LogP contribution >= 0.6 is 23.2 Å². The molecule has 1 amide bonds. The summed E-state index contributed by atoms with van der Waals surface area (Å²) in [5.41, 5.74) is 5.44. The number of hydrogen-bond donors (Lipinski definition) is 2. The van der Waals surface area contributed by atoms with Crippen molar-refractivity contribution in [2.75, 3.05) is 20.8 Å². The molecule has 2 aromatic heterocycles. The molecule has 0 unspecified atom stereocenters. The number of rotatable bonds is 13. The highest BCUT2D eigenvalue weighted by molar-refractivity contribution is 6.39. The molecule has 0 spiro atoms. The van der Waals surface area contributed by atoms with Gasteiger partial charge in [0.15, 0.2) is 0 Å². The molecule has 2 fully saturated rings. The number of ether oxygens (including phenoxy) is 2. The first-order valence-corrected chi connectivity index (χ1v) is 17.0. The molecule has 2 N–H and O–H groups in total. The highest BCUT2D eigenvalue weighted by Gasteiger charge is 2.23. The molecular weight excluding hydrogens is 651 g/mol. The fourth-order valence-corrected chi connectivity index (χ4v) is 7.07. The highest BCUT2D eigenvalue weighted by atomic mass is 35.5. The van der Waals surface area contributed by atoms with Crippen LogP contribution in [0.4, 0.5) is 0 Å². The second-order valence-electron chi connectivity index (χ2n) is 12.2. The first-order valence-electron chi connectivity index (χ1n) is 16.2. The Bertz CT molecular complexity index is 1690. The summed E-state index contributed by atoms with van der Waals surface area (Å²) in [6, 6.07) is 11.6. The van der Waals surface area contributed by atoms with Crippen LogP contribution in [0.2, 0.25) is 10.0 Å². The number of aryl methyl sites for hydroxylation is 1. The Balaban J connectivity index is 1.20. The highest BCUT2D eigenvalue weighted by Crippen LogP contribution is 2.42. The minimum Gasteiger partial charge on any atom is -0.480 e. The van der Waals surface area contributed by atoms with Gasteiger partial charge >= 0.3 is 0 Å². The lowest BCUT2D eigenvalue weighted by molar-refractivity contribution is -0.119. The molecule has 3 heterocycles. The van der Waals surface area contributed by atoms with E-state index >= 15 is 0 Å². The number of hydrogen-bond acceptors (Lipinski definition) is 9. The van der Waals surface area contributed by atoms with E-state index in [0.29, 0.717) is 93.9 Å². The number of nitrogens with one attached hydrogen (secondary N) is 2. The third-order valence-corrected chi connectivity index (χ3v) is 9.79. The molecule has 250 valence electrons. The average Bonchev–Trinajstić information content (AvgIpc) is 3.72. The monoisotopic (exact) mass is 688 g/mol. The van der Waals surface area contributed by atoms with Crippen molar-refractivity contribution in [1.82, 2.24) is 30.6 Å². The quantitative estimate of drug-likeness (QED) is 0.159. The number of benzene rings is 2. The molecule has 1 saturated heterocycles. The van der Waals surface area contributed by atoms with E-state index in [1.807, 2.05) is 36.4 Å². The van der Waals surface area contributed by atoms with Gasteiger partial charge in [-0.2, -0.15) is 0 Å². The van der Waals surface area contributed by atoms with Crippen molar-refractivity contribution in [2.24, 2.45) is 5.92 Å². The van der Waals surface area contributed by atoms with Crippen molar-refractivity contribution < 1.29 is 19.1 Å². The van der Waals surface area contributed by atoms with Gasteiger partial charge in [-0.15, -0.1) is 0 Å². The van der Waals surface area contributed by atoms with Crippen molar-refractivity contribution in [1.29, 1.82) is 0 Å². The molecule has 4 aromatic rings. The van der Waals surface area contributed by atoms with Crippen molar-refractivity contribution in [3.63, 3.8) is 0 Å². The molecule has 0 radical (unpaired) electrons. The zero-order valence-electron chi connectivity index (χ0n) is 27.0. The van der Waals surface area contributed by atoms with Gasteiger partial charge in [0.25, 0.3) is 0 Å². The molecule has 1 saturated carbocycles. The van der Waals surface area contributed by atoms with Crippen LogP contribution < -0.4 is 20.1 Å². The fourth-order valence-electron chi connectivity index (χ4n) is 6.42. The average molecular weight is 690 g/mol. The number of methoxy groups -OCH3 is 2. The van der Waals surface area contributed by atoms with Crippen LogP contribution in [-0.4, -0.2) is 58.4 Å². The second-order valence-corrected chi connectivity index (χ2v) is 13.0. The molecule has 2 aromatic carbocycles. The molecule has 10 nitrogen and oxygen atoms in total. The molecule has 12 heteroatoms. The SMILES string of the molecule is COc1nc(-c2cccc(-c3cccc(-c4cnc(CNC[C@@H]5CCC(=O)C5)c(OC)n4)c3Cl)c2Cl)cnc1CCC[C@@H]1CCC(=O)N1. The Kier molecular flexibility index (Phi) is 10.8. The number of carbonyl (C=O) groups is 2. The van der Waals surface area contributed by atoms with Crippen molar-refractivity contribution in [3.05, 3.63) is 70.2 Å². The fraction of sp³-hybridized carbons (Fsp3) is 0.389. The maximum atomic E-state index is 11.6. The molecule has 1 aliphatic carbocycles. The van der Waals surface area contributed by atoms with Crippen molar-refractivity contribution in [3.8, 4) is 45.4 Å². The molecule has 2 aliphatic rings.